The fraction of sp³-hybridized carbons (Fsp3) is 1.00. The maximum absolute atomic E-state index is 4.76. The predicted molar refractivity (Wildman–Crippen MR) is 63.6 cm³/mol. The molecule has 72 valence electrons. The van der Waals surface area contributed by atoms with Gasteiger partial charge in [0.15, 0.2) is 0 Å². The average molecular weight is 225 g/mol. The molecule has 0 aromatic heterocycles. The molecule has 12 heavy (non-hydrogen) atoms. The van der Waals surface area contributed by atoms with E-state index in [0.29, 0.717) is 0 Å². The fourth-order valence-electron chi connectivity index (χ4n) is 1.66. The summed E-state index contributed by atoms with van der Waals surface area (Å²) in [5.74, 6) is 0. The highest BCUT2D eigenvalue weighted by Crippen LogP contribution is 2.71. The van der Waals surface area contributed by atoms with Gasteiger partial charge in [-0.05, 0) is 40.0 Å². The van der Waals surface area contributed by atoms with Crippen LogP contribution in [0.4, 0.5) is 0 Å². The molecule has 0 aromatic rings. The van der Waals surface area contributed by atoms with Crippen molar-refractivity contribution >= 4 is 21.6 Å². The van der Waals surface area contributed by atoms with Gasteiger partial charge in [0.2, 0.25) is 0 Å². The molecule has 0 bridgehead atoms. The molecule has 0 aromatic carbocycles. The second kappa shape index (κ2) is 2.84. The van der Waals surface area contributed by atoms with Gasteiger partial charge < -0.3 is 0 Å². The summed E-state index contributed by atoms with van der Waals surface area (Å²) in [6.45, 7) is 13.1. The van der Waals surface area contributed by atoms with Crippen LogP contribution in [0.25, 0.3) is 0 Å². The van der Waals surface area contributed by atoms with E-state index in [4.69, 9.17) is 13.5 Å². The third kappa shape index (κ3) is 2.87. The van der Waals surface area contributed by atoms with Gasteiger partial charge in [0.25, 0.3) is 0 Å². The van der Waals surface area contributed by atoms with Gasteiger partial charge in [-0.1, -0.05) is 0 Å². The highest BCUT2D eigenvalue weighted by Gasteiger charge is 2.19. The van der Waals surface area contributed by atoms with Crippen LogP contribution in [0.2, 0.25) is 0 Å². The Morgan fingerprint density at radius 1 is 0.500 bits per heavy atom. The van der Waals surface area contributed by atoms with Gasteiger partial charge in [-0.2, -0.15) is 0 Å². The summed E-state index contributed by atoms with van der Waals surface area (Å²) in [7, 11) is -3.97. The molecule has 3 nitrogen and oxygen atoms in total. The van der Waals surface area contributed by atoms with Crippen LogP contribution < -0.4 is 0 Å². The summed E-state index contributed by atoms with van der Waals surface area (Å²) >= 11 is 0. The van der Waals surface area contributed by atoms with Crippen molar-refractivity contribution in [2.24, 2.45) is 13.5 Å². The summed E-state index contributed by atoms with van der Waals surface area (Å²) in [6.07, 6.45) is 0. The SMILES string of the molecule is CP1(C)=NP(C)(C)=NP(C)(C)=N1. The minimum atomic E-state index is -1.32. The van der Waals surface area contributed by atoms with Crippen LogP contribution in [0.15, 0.2) is 13.5 Å². The Hall–Kier alpha value is 0.690. The zero-order valence-electron chi connectivity index (χ0n) is 8.68. The van der Waals surface area contributed by atoms with Gasteiger partial charge in [-0.3, -0.25) is 0 Å². The molecule has 6 heteroatoms. The summed E-state index contributed by atoms with van der Waals surface area (Å²) in [4.78, 5) is 0. The van der Waals surface area contributed by atoms with E-state index < -0.39 is 21.6 Å². The van der Waals surface area contributed by atoms with Crippen molar-refractivity contribution in [3.63, 3.8) is 0 Å². The Kier molecular flexibility index (Phi) is 2.55. The predicted octanol–water partition coefficient (Wildman–Crippen LogP) is 4.13. The highest BCUT2D eigenvalue weighted by molar-refractivity contribution is 7.85. The monoisotopic (exact) mass is 225 g/mol. The third-order valence-electron chi connectivity index (χ3n) is 1.31. The van der Waals surface area contributed by atoms with Gasteiger partial charge >= 0.3 is 0 Å². The maximum atomic E-state index is 4.76. The van der Waals surface area contributed by atoms with Crippen LogP contribution >= 0.6 is 21.6 Å². The summed E-state index contributed by atoms with van der Waals surface area (Å²) in [5, 5.41) is 0. The summed E-state index contributed by atoms with van der Waals surface area (Å²) in [6, 6.07) is 0. The molecule has 1 heterocycles. The Morgan fingerprint density at radius 2 is 0.667 bits per heavy atom. The number of nitrogens with zero attached hydrogens (tertiary/aromatic N) is 3. The molecule has 0 saturated carbocycles. The van der Waals surface area contributed by atoms with Crippen LogP contribution in [0, 0.1) is 0 Å². The van der Waals surface area contributed by atoms with Gasteiger partial charge in [0.05, 0.1) is 21.6 Å². The van der Waals surface area contributed by atoms with Crippen LogP contribution in [0.5, 0.6) is 0 Å². The quantitative estimate of drug-likeness (QED) is 0.556. The van der Waals surface area contributed by atoms with E-state index in [1.165, 1.54) is 0 Å². The first-order valence-electron chi connectivity index (χ1n) is 3.88. The lowest BCUT2D eigenvalue weighted by atomic mass is 11.9. The molecule has 0 fully saturated rings. The van der Waals surface area contributed by atoms with Gasteiger partial charge in [0.1, 0.15) is 0 Å². The maximum Gasteiger partial charge on any atom is 0.0750 e. The molecule has 0 unspecified atom stereocenters. The Labute approximate surface area is 75.7 Å². The fourth-order valence-corrected chi connectivity index (χ4v) is 15.9. The Morgan fingerprint density at radius 3 is 0.833 bits per heavy atom. The molecule has 0 radical (unpaired) electrons. The van der Waals surface area contributed by atoms with Crippen molar-refractivity contribution in [1.29, 1.82) is 0 Å². The average Bonchev–Trinajstić information content (AvgIpc) is 1.44. The largest absolute Gasteiger partial charge is 0.242 e. The molecule has 0 amide bonds. The lowest BCUT2D eigenvalue weighted by Gasteiger charge is -2.26. The first-order valence-corrected chi connectivity index (χ1v) is 11.6. The smallest absolute Gasteiger partial charge is 0.0750 e. The van der Waals surface area contributed by atoms with Crippen molar-refractivity contribution in [1.82, 2.24) is 0 Å². The van der Waals surface area contributed by atoms with Crippen molar-refractivity contribution in [3.05, 3.63) is 0 Å². The number of hydrogen-bond acceptors (Lipinski definition) is 3. The molecule has 0 N–H and O–H groups in total. The minimum Gasteiger partial charge on any atom is -0.242 e. The third-order valence-corrected chi connectivity index (χ3v) is 11.8. The lowest BCUT2D eigenvalue weighted by molar-refractivity contribution is 1.61. The van der Waals surface area contributed by atoms with Crippen molar-refractivity contribution in [2.75, 3.05) is 40.0 Å². The molecule has 1 aliphatic heterocycles. The zero-order chi connectivity index (χ0) is 9.62. The van der Waals surface area contributed by atoms with E-state index in [1.54, 1.807) is 0 Å². The normalized spacial score (nSPS) is 29.5. The van der Waals surface area contributed by atoms with Crippen LogP contribution in [-0.4, -0.2) is 40.0 Å². The first kappa shape index (κ1) is 10.8. The molecule has 0 saturated heterocycles. The van der Waals surface area contributed by atoms with Gasteiger partial charge in [0, 0.05) is 0 Å². The molecular formula is C6H18N3P3. The van der Waals surface area contributed by atoms with E-state index in [-0.39, 0.29) is 0 Å². The number of rotatable bonds is 0. The van der Waals surface area contributed by atoms with Gasteiger partial charge in [-0.15, -0.1) is 0 Å². The van der Waals surface area contributed by atoms with E-state index in [1.807, 2.05) is 0 Å². The summed E-state index contributed by atoms with van der Waals surface area (Å²) in [5.41, 5.74) is 0. The van der Waals surface area contributed by atoms with Crippen molar-refractivity contribution in [3.8, 4) is 0 Å². The molecule has 0 atom stereocenters. The summed E-state index contributed by atoms with van der Waals surface area (Å²) < 4.78 is 14.3. The Bertz CT molecular complexity index is 275. The first-order chi connectivity index (χ1) is 5.12. The van der Waals surface area contributed by atoms with E-state index >= 15 is 0 Å². The second-order valence-corrected chi connectivity index (χ2v) is 14.4. The van der Waals surface area contributed by atoms with Crippen LogP contribution in [0.1, 0.15) is 0 Å². The topological polar surface area (TPSA) is 37.1 Å². The van der Waals surface area contributed by atoms with Crippen LogP contribution in [0.3, 0.4) is 0 Å². The number of hydrogen-bond donors (Lipinski definition) is 0. The van der Waals surface area contributed by atoms with E-state index in [2.05, 4.69) is 40.0 Å². The zero-order valence-corrected chi connectivity index (χ0v) is 11.4. The molecule has 0 spiro atoms. The Balaban J connectivity index is 3.46. The second-order valence-electron chi connectivity index (χ2n) is 4.28. The minimum absolute atomic E-state index is 1.32. The molecule has 0 aliphatic carbocycles. The standard InChI is InChI=1S/C6H18N3P3/c1-10(2)7-11(3,4)9-12(5,6)8-10/h1-6H3. The van der Waals surface area contributed by atoms with Crippen molar-refractivity contribution in [2.45, 2.75) is 0 Å². The molecular weight excluding hydrogens is 207 g/mol. The highest BCUT2D eigenvalue weighted by atomic mass is 31.2. The van der Waals surface area contributed by atoms with E-state index in [9.17, 15) is 0 Å². The van der Waals surface area contributed by atoms with Crippen LogP contribution in [-0.2, 0) is 0 Å². The van der Waals surface area contributed by atoms with Crippen molar-refractivity contribution < 1.29 is 0 Å². The lowest BCUT2D eigenvalue weighted by Crippen LogP contribution is -1.82. The van der Waals surface area contributed by atoms with Gasteiger partial charge in [-0.25, -0.2) is 13.5 Å². The molecule has 1 rings (SSSR count). The van der Waals surface area contributed by atoms with E-state index in [0.717, 1.165) is 0 Å². The molecule has 1 aliphatic rings.